The third-order valence-corrected chi connectivity index (χ3v) is 4.18. The second-order valence-corrected chi connectivity index (χ2v) is 5.97. The quantitative estimate of drug-likeness (QED) is 0.315. The molecule has 3 rings (SSSR count). The molecule has 0 fully saturated rings. The van der Waals surface area contributed by atoms with Crippen molar-refractivity contribution >= 4 is 17.9 Å². The summed E-state index contributed by atoms with van der Waals surface area (Å²) >= 11 is 5.16. The SMILES string of the molecule is Nn1c(Cc2ccccc2)nn(-c2ccc(C(F)(F)F)cc2[N+](=O)[O-])c1=S. The van der Waals surface area contributed by atoms with E-state index in [2.05, 4.69) is 5.10 Å². The molecule has 0 radical (unpaired) electrons. The molecule has 3 aromatic rings. The van der Waals surface area contributed by atoms with Gasteiger partial charge in [0.25, 0.3) is 5.69 Å². The molecule has 140 valence electrons. The van der Waals surface area contributed by atoms with Crippen molar-refractivity contribution in [1.29, 1.82) is 0 Å². The zero-order valence-electron chi connectivity index (χ0n) is 13.6. The van der Waals surface area contributed by atoms with Gasteiger partial charge in [-0.15, -0.1) is 5.10 Å². The summed E-state index contributed by atoms with van der Waals surface area (Å²) in [6.07, 6.45) is -4.42. The average molecular weight is 395 g/mol. The highest BCUT2D eigenvalue weighted by molar-refractivity contribution is 7.71. The maximum atomic E-state index is 12.9. The van der Waals surface area contributed by atoms with Gasteiger partial charge in [-0.1, -0.05) is 30.3 Å². The first kappa shape index (κ1) is 18.6. The molecule has 11 heteroatoms. The van der Waals surface area contributed by atoms with E-state index in [1.165, 1.54) is 0 Å². The maximum Gasteiger partial charge on any atom is 0.416 e. The van der Waals surface area contributed by atoms with Gasteiger partial charge in [0.1, 0.15) is 5.69 Å². The van der Waals surface area contributed by atoms with Crippen LogP contribution in [0.1, 0.15) is 17.0 Å². The number of halogens is 3. The Kier molecular flexibility index (Phi) is 4.70. The van der Waals surface area contributed by atoms with Gasteiger partial charge in [-0.2, -0.15) is 17.9 Å². The lowest BCUT2D eigenvalue weighted by Crippen LogP contribution is -2.13. The molecular weight excluding hydrogens is 383 g/mol. The molecular formula is C16H12F3N5O2S. The van der Waals surface area contributed by atoms with Gasteiger partial charge in [0.15, 0.2) is 5.82 Å². The molecule has 27 heavy (non-hydrogen) atoms. The van der Waals surface area contributed by atoms with E-state index in [0.29, 0.717) is 18.3 Å². The fraction of sp³-hybridized carbons (Fsp3) is 0.125. The topological polar surface area (TPSA) is 91.9 Å². The summed E-state index contributed by atoms with van der Waals surface area (Å²) in [4.78, 5) is 10.4. The number of nitrogens with zero attached hydrogens (tertiary/aromatic N) is 4. The Morgan fingerprint density at radius 3 is 2.44 bits per heavy atom. The van der Waals surface area contributed by atoms with Gasteiger partial charge >= 0.3 is 6.18 Å². The number of alkyl halides is 3. The highest BCUT2D eigenvalue weighted by Crippen LogP contribution is 2.34. The van der Waals surface area contributed by atoms with Gasteiger partial charge in [-0.05, 0) is 29.9 Å². The first-order chi connectivity index (χ1) is 12.7. The summed E-state index contributed by atoms with van der Waals surface area (Å²) in [7, 11) is 0. The molecule has 1 aromatic heterocycles. The standard InChI is InChI=1S/C16H12F3N5O2S/c17-16(18,19)11-6-7-12(13(9-11)24(25)26)23-15(27)22(20)14(21-23)8-10-4-2-1-3-5-10/h1-7,9H,8,20H2. The second-order valence-electron chi connectivity index (χ2n) is 5.60. The van der Waals surface area contributed by atoms with Crippen LogP contribution in [-0.2, 0) is 12.6 Å². The van der Waals surface area contributed by atoms with Gasteiger partial charge < -0.3 is 5.84 Å². The van der Waals surface area contributed by atoms with Crippen molar-refractivity contribution in [2.24, 2.45) is 0 Å². The van der Waals surface area contributed by atoms with Crippen LogP contribution in [0.5, 0.6) is 0 Å². The fourth-order valence-corrected chi connectivity index (χ4v) is 2.74. The largest absolute Gasteiger partial charge is 0.416 e. The van der Waals surface area contributed by atoms with Crippen molar-refractivity contribution in [3.63, 3.8) is 0 Å². The zero-order valence-corrected chi connectivity index (χ0v) is 14.4. The summed E-state index contributed by atoms with van der Waals surface area (Å²) in [5.41, 5.74) is -1.23. The van der Waals surface area contributed by atoms with Crippen LogP contribution >= 0.6 is 12.2 Å². The normalized spacial score (nSPS) is 11.5. The van der Waals surface area contributed by atoms with E-state index in [-0.39, 0.29) is 10.5 Å². The lowest BCUT2D eigenvalue weighted by Gasteiger charge is -2.08. The molecule has 2 N–H and O–H groups in total. The molecule has 0 aliphatic rings. The smallest absolute Gasteiger partial charge is 0.335 e. The Bertz CT molecular complexity index is 1060. The predicted octanol–water partition coefficient (Wildman–Crippen LogP) is 3.63. The van der Waals surface area contributed by atoms with Crippen molar-refractivity contribution < 1.29 is 18.1 Å². The Morgan fingerprint density at radius 1 is 1.19 bits per heavy atom. The van der Waals surface area contributed by atoms with Gasteiger partial charge in [-0.25, -0.2) is 4.68 Å². The highest BCUT2D eigenvalue weighted by atomic mass is 32.1. The Hall–Kier alpha value is -3.21. The first-order valence-electron chi connectivity index (χ1n) is 7.54. The van der Waals surface area contributed by atoms with Crippen LogP contribution in [-0.4, -0.2) is 19.4 Å². The van der Waals surface area contributed by atoms with E-state index in [1.54, 1.807) is 0 Å². The fourth-order valence-electron chi connectivity index (χ4n) is 2.50. The van der Waals surface area contributed by atoms with Crippen molar-refractivity contribution in [3.8, 4) is 5.69 Å². The number of nitrogens with two attached hydrogens (primary N) is 1. The highest BCUT2D eigenvalue weighted by Gasteiger charge is 2.33. The van der Waals surface area contributed by atoms with Crippen LogP contribution in [0.15, 0.2) is 48.5 Å². The van der Waals surface area contributed by atoms with Crippen LogP contribution < -0.4 is 5.84 Å². The number of nitro groups is 1. The van der Waals surface area contributed by atoms with Gasteiger partial charge in [0, 0.05) is 12.5 Å². The number of nitrogen functional groups attached to an aromatic ring is 1. The van der Waals surface area contributed by atoms with E-state index in [4.69, 9.17) is 18.1 Å². The Labute approximate surface area is 155 Å². The molecule has 7 nitrogen and oxygen atoms in total. The monoisotopic (exact) mass is 395 g/mol. The first-order valence-corrected chi connectivity index (χ1v) is 7.95. The van der Waals surface area contributed by atoms with Crippen LogP contribution in [0.4, 0.5) is 18.9 Å². The molecule has 0 atom stereocenters. The third kappa shape index (κ3) is 3.67. The molecule has 0 amide bonds. The Balaban J connectivity index is 2.10. The van der Waals surface area contributed by atoms with E-state index in [0.717, 1.165) is 27.1 Å². The molecule has 0 aliphatic heterocycles. The number of hydrogen-bond donors (Lipinski definition) is 1. The van der Waals surface area contributed by atoms with Crippen LogP contribution in [0, 0.1) is 14.9 Å². The molecule has 0 bridgehead atoms. The molecule has 0 spiro atoms. The summed E-state index contributed by atoms with van der Waals surface area (Å²) in [6, 6.07) is 11.3. The number of rotatable bonds is 4. The van der Waals surface area contributed by atoms with Gasteiger partial charge in [0.2, 0.25) is 4.77 Å². The summed E-state index contributed by atoms with van der Waals surface area (Å²) in [5, 5.41) is 15.5. The number of benzene rings is 2. The summed E-state index contributed by atoms with van der Waals surface area (Å²) in [6.45, 7) is 0. The molecule has 0 saturated carbocycles. The number of aromatic nitrogens is 3. The summed E-state index contributed by atoms with van der Waals surface area (Å²) in [5.74, 6) is 6.20. The van der Waals surface area contributed by atoms with Crippen molar-refractivity contribution in [1.82, 2.24) is 14.5 Å². The summed E-state index contributed by atoms with van der Waals surface area (Å²) < 4.78 is 40.6. The van der Waals surface area contributed by atoms with Crippen molar-refractivity contribution in [3.05, 3.63) is 80.4 Å². The third-order valence-electron chi connectivity index (χ3n) is 3.81. The zero-order chi connectivity index (χ0) is 19.8. The van der Waals surface area contributed by atoms with E-state index in [9.17, 15) is 23.3 Å². The Morgan fingerprint density at radius 2 is 1.85 bits per heavy atom. The number of hydrogen-bond acceptors (Lipinski definition) is 5. The van der Waals surface area contributed by atoms with Crippen LogP contribution in [0.3, 0.4) is 0 Å². The van der Waals surface area contributed by atoms with Crippen LogP contribution in [0.2, 0.25) is 0 Å². The van der Waals surface area contributed by atoms with E-state index in [1.807, 2.05) is 30.3 Å². The molecule has 1 heterocycles. The molecule has 0 unspecified atom stereocenters. The minimum Gasteiger partial charge on any atom is -0.335 e. The predicted molar refractivity (Wildman–Crippen MR) is 93.4 cm³/mol. The molecule has 0 aliphatic carbocycles. The minimum atomic E-state index is -4.71. The second kappa shape index (κ2) is 6.83. The number of nitro benzene ring substituents is 1. The average Bonchev–Trinajstić information content (AvgIpc) is 2.89. The van der Waals surface area contributed by atoms with Gasteiger partial charge in [-0.3, -0.25) is 10.1 Å². The maximum absolute atomic E-state index is 12.9. The van der Waals surface area contributed by atoms with Crippen molar-refractivity contribution in [2.45, 2.75) is 12.6 Å². The molecule has 2 aromatic carbocycles. The van der Waals surface area contributed by atoms with Crippen LogP contribution in [0.25, 0.3) is 5.69 Å². The lowest BCUT2D eigenvalue weighted by atomic mass is 10.1. The van der Waals surface area contributed by atoms with E-state index >= 15 is 0 Å². The molecule has 0 saturated heterocycles. The van der Waals surface area contributed by atoms with Crippen molar-refractivity contribution in [2.75, 3.05) is 5.84 Å². The van der Waals surface area contributed by atoms with Gasteiger partial charge in [0.05, 0.1) is 10.5 Å². The van der Waals surface area contributed by atoms with E-state index < -0.39 is 22.4 Å². The lowest BCUT2D eigenvalue weighted by molar-refractivity contribution is -0.384. The minimum absolute atomic E-state index is 0.0798.